The zero-order valence-corrected chi connectivity index (χ0v) is 26.9. The molecule has 222 valence electrons. The second-order valence-electron chi connectivity index (χ2n) is 10.8. The second-order valence-corrected chi connectivity index (χ2v) is 12.6. The van der Waals surface area contributed by atoms with Crippen LogP contribution in [0.1, 0.15) is 28.5 Å². The van der Waals surface area contributed by atoms with Gasteiger partial charge in [0.1, 0.15) is 12.3 Å². The second kappa shape index (κ2) is 13.6. The number of pyridine rings is 2. The molecule has 5 aromatic rings. The van der Waals surface area contributed by atoms with Crippen molar-refractivity contribution >= 4 is 28.5 Å². The lowest BCUT2D eigenvalue weighted by Gasteiger charge is -2.36. The number of benzene rings is 2. The summed E-state index contributed by atoms with van der Waals surface area (Å²) in [5.74, 6) is 1.01. The smallest absolute Gasteiger partial charge is 0.253 e. The minimum atomic E-state index is 0.0745. The predicted molar refractivity (Wildman–Crippen MR) is 180 cm³/mol. The van der Waals surface area contributed by atoms with Gasteiger partial charge in [-0.1, -0.05) is 71.1 Å². The highest BCUT2D eigenvalue weighted by atomic mass is 127. The van der Waals surface area contributed by atoms with Crippen molar-refractivity contribution in [3.63, 3.8) is 0 Å². The number of carbonyl (C=O) groups excluding carboxylic acids is 1. The number of aryl methyl sites for hydroxylation is 1. The molecule has 1 saturated heterocycles. The number of ether oxygens (including phenoxy) is 1. The van der Waals surface area contributed by atoms with Crippen LogP contribution in [0.3, 0.4) is 0 Å². The fraction of sp³-hybridized carbons (Fsp3) is 0.229. The quantitative estimate of drug-likeness (QED) is 0.102. The SMILES string of the molecule is Cc1cccc(-c2nc(OCc3ccccc3)cc(-c3cncc(-c4ccc(C(=O)N5CCN(C(C)I)CC5)cc4)c3)n2)n1. The molecule has 1 atom stereocenters. The van der Waals surface area contributed by atoms with Crippen LogP contribution in [0.4, 0.5) is 0 Å². The molecular formula is C35H33IN6O2. The van der Waals surface area contributed by atoms with Crippen LogP contribution < -0.4 is 4.74 Å². The van der Waals surface area contributed by atoms with Crippen LogP contribution in [0.15, 0.2) is 97.3 Å². The van der Waals surface area contributed by atoms with Crippen LogP contribution in [0, 0.1) is 6.92 Å². The molecular weight excluding hydrogens is 663 g/mol. The highest BCUT2D eigenvalue weighted by Crippen LogP contribution is 2.29. The van der Waals surface area contributed by atoms with Crippen LogP contribution >= 0.6 is 22.6 Å². The molecule has 1 aliphatic heterocycles. The van der Waals surface area contributed by atoms with E-state index < -0.39 is 0 Å². The molecule has 6 rings (SSSR count). The molecule has 1 unspecified atom stereocenters. The summed E-state index contributed by atoms with van der Waals surface area (Å²) < 4.78 is 6.59. The Kier molecular flexibility index (Phi) is 9.23. The molecule has 8 nitrogen and oxygen atoms in total. The standard InChI is InChI=1S/C35H33IN6O2/c1-24-7-6-10-31(38-24)34-39-32(20-33(40-34)44-23-26-8-4-3-5-9-26)30-19-29(21-37-22-30)27-11-13-28(14-12-27)35(43)42-17-15-41(16-18-42)25(2)36/h3-14,19-22,25H,15-18,23H2,1-2H3. The van der Waals surface area contributed by atoms with Crippen molar-refractivity contribution < 1.29 is 9.53 Å². The lowest BCUT2D eigenvalue weighted by Crippen LogP contribution is -2.50. The van der Waals surface area contributed by atoms with Crippen molar-refractivity contribution in [2.75, 3.05) is 26.2 Å². The van der Waals surface area contributed by atoms with Gasteiger partial charge in [0.05, 0.1) is 9.74 Å². The third kappa shape index (κ3) is 7.11. The van der Waals surface area contributed by atoms with Crippen molar-refractivity contribution in [2.45, 2.75) is 24.5 Å². The lowest BCUT2D eigenvalue weighted by atomic mass is 10.0. The predicted octanol–water partition coefficient (Wildman–Crippen LogP) is 6.69. The van der Waals surface area contributed by atoms with Gasteiger partial charge in [-0.2, -0.15) is 4.98 Å². The van der Waals surface area contributed by atoms with E-state index in [0.29, 0.717) is 39.3 Å². The highest BCUT2D eigenvalue weighted by molar-refractivity contribution is 14.1. The molecule has 1 fully saturated rings. The van der Waals surface area contributed by atoms with Crippen LogP contribution in [0.2, 0.25) is 0 Å². The number of aromatic nitrogens is 4. The average Bonchev–Trinajstić information content (AvgIpc) is 3.07. The zero-order chi connectivity index (χ0) is 30.5. The first-order chi connectivity index (χ1) is 21.4. The van der Waals surface area contributed by atoms with Gasteiger partial charge in [-0.25, -0.2) is 9.97 Å². The number of carbonyl (C=O) groups is 1. The zero-order valence-electron chi connectivity index (χ0n) is 24.7. The number of nitrogens with zero attached hydrogens (tertiary/aromatic N) is 6. The van der Waals surface area contributed by atoms with Crippen molar-refractivity contribution in [1.82, 2.24) is 29.7 Å². The fourth-order valence-corrected chi connectivity index (χ4v) is 5.72. The summed E-state index contributed by atoms with van der Waals surface area (Å²) in [6, 6.07) is 27.4. The highest BCUT2D eigenvalue weighted by Gasteiger charge is 2.24. The van der Waals surface area contributed by atoms with Gasteiger partial charge < -0.3 is 9.64 Å². The molecule has 44 heavy (non-hydrogen) atoms. The molecule has 0 saturated carbocycles. The Balaban J connectivity index is 1.25. The van der Waals surface area contributed by atoms with Crippen molar-refractivity contribution in [3.8, 4) is 39.8 Å². The van der Waals surface area contributed by atoms with E-state index >= 15 is 0 Å². The van der Waals surface area contributed by atoms with E-state index in [2.05, 4.69) is 49.4 Å². The maximum absolute atomic E-state index is 13.2. The van der Waals surface area contributed by atoms with Gasteiger partial charge in [0, 0.05) is 67.0 Å². The Bertz CT molecular complexity index is 1740. The van der Waals surface area contributed by atoms with Gasteiger partial charge in [0.2, 0.25) is 5.88 Å². The summed E-state index contributed by atoms with van der Waals surface area (Å²) >= 11 is 2.43. The van der Waals surface area contributed by atoms with Gasteiger partial charge in [-0.3, -0.25) is 14.7 Å². The van der Waals surface area contributed by atoms with Crippen molar-refractivity contribution in [2.24, 2.45) is 0 Å². The van der Waals surface area contributed by atoms with E-state index in [9.17, 15) is 4.79 Å². The largest absolute Gasteiger partial charge is 0.473 e. The normalized spacial score (nSPS) is 14.3. The summed E-state index contributed by atoms with van der Waals surface area (Å²) in [5, 5.41) is 0. The van der Waals surface area contributed by atoms with E-state index in [-0.39, 0.29) is 5.91 Å². The molecule has 3 aromatic heterocycles. The first-order valence-electron chi connectivity index (χ1n) is 14.7. The molecule has 0 N–H and O–H groups in total. The summed E-state index contributed by atoms with van der Waals surface area (Å²) in [4.78, 5) is 36.2. The van der Waals surface area contributed by atoms with Crippen molar-refractivity contribution in [1.29, 1.82) is 0 Å². The number of piperazine rings is 1. The third-order valence-electron chi connectivity index (χ3n) is 7.65. The van der Waals surface area contributed by atoms with Crippen LogP contribution in [-0.2, 0) is 6.61 Å². The van der Waals surface area contributed by atoms with E-state index in [0.717, 1.165) is 54.1 Å². The molecule has 0 aliphatic carbocycles. The molecule has 1 amide bonds. The van der Waals surface area contributed by atoms with E-state index in [1.54, 1.807) is 6.20 Å². The topological polar surface area (TPSA) is 84.3 Å². The van der Waals surface area contributed by atoms with Crippen LogP contribution in [0.5, 0.6) is 5.88 Å². The Morgan fingerprint density at radius 3 is 2.30 bits per heavy atom. The molecule has 0 spiro atoms. The summed E-state index contributed by atoms with van der Waals surface area (Å²) in [7, 11) is 0. The first-order valence-corrected chi connectivity index (χ1v) is 15.9. The van der Waals surface area contributed by atoms with Crippen LogP contribution in [-0.4, -0.2) is 65.9 Å². The van der Waals surface area contributed by atoms with Gasteiger partial charge in [0.15, 0.2) is 5.82 Å². The minimum Gasteiger partial charge on any atom is -0.473 e. The number of halogens is 1. The maximum Gasteiger partial charge on any atom is 0.253 e. The number of hydrogen-bond acceptors (Lipinski definition) is 7. The minimum absolute atomic E-state index is 0.0745. The number of amides is 1. The summed E-state index contributed by atoms with van der Waals surface area (Å²) in [6.07, 6.45) is 3.61. The molecule has 4 heterocycles. The summed E-state index contributed by atoms with van der Waals surface area (Å²) in [6.45, 7) is 7.80. The monoisotopic (exact) mass is 696 g/mol. The number of hydrogen-bond donors (Lipinski definition) is 0. The molecule has 1 aliphatic rings. The van der Waals surface area contributed by atoms with Crippen LogP contribution in [0.25, 0.3) is 33.9 Å². The maximum atomic E-state index is 13.2. The molecule has 0 bridgehead atoms. The molecule has 2 aromatic carbocycles. The lowest BCUT2D eigenvalue weighted by molar-refractivity contribution is 0.0636. The van der Waals surface area contributed by atoms with E-state index in [1.807, 2.05) is 103 Å². The van der Waals surface area contributed by atoms with Gasteiger partial charge >= 0.3 is 0 Å². The third-order valence-corrected chi connectivity index (χ3v) is 8.44. The van der Waals surface area contributed by atoms with Gasteiger partial charge in [0.25, 0.3) is 5.91 Å². The number of alkyl halides is 1. The number of rotatable bonds is 8. The molecule has 0 radical (unpaired) electrons. The molecule has 9 heteroatoms. The van der Waals surface area contributed by atoms with Crippen molar-refractivity contribution in [3.05, 3.63) is 114 Å². The van der Waals surface area contributed by atoms with Gasteiger partial charge in [-0.05, 0) is 55.3 Å². The van der Waals surface area contributed by atoms with E-state index in [1.165, 1.54) is 0 Å². The van der Waals surface area contributed by atoms with Gasteiger partial charge in [-0.15, -0.1) is 0 Å². The van der Waals surface area contributed by atoms with E-state index in [4.69, 9.17) is 9.72 Å². The fourth-order valence-electron chi connectivity index (χ4n) is 5.17. The Morgan fingerprint density at radius 1 is 0.818 bits per heavy atom. The average molecular weight is 697 g/mol. The summed E-state index contributed by atoms with van der Waals surface area (Å²) in [5.41, 5.74) is 6.69. The first kappa shape index (κ1) is 29.8. The Labute approximate surface area is 271 Å². The Hall–Kier alpha value is -4.22. The Morgan fingerprint density at radius 2 is 1.57 bits per heavy atom.